The van der Waals surface area contributed by atoms with Gasteiger partial charge in [0.2, 0.25) is 0 Å². The molecular formula is C17H26N4O3. The minimum absolute atomic E-state index is 0.0317. The zero-order valence-electron chi connectivity index (χ0n) is 15.1. The van der Waals surface area contributed by atoms with Gasteiger partial charge < -0.3 is 19.1 Å². The van der Waals surface area contributed by atoms with Crippen molar-refractivity contribution in [1.82, 2.24) is 19.4 Å². The van der Waals surface area contributed by atoms with E-state index < -0.39 is 5.60 Å². The smallest absolute Gasteiger partial charge is 0.410 e. The minimum Gasteiger partial charge on any atom is -0.444 e. The van der Waals surface area contributed by atoms with Gasteiger partial charge in [0, 0.05) is 43.8 Å². The molecular weight excluding hydrogens is 308 g/mol. The number of ether oxygens (including phenoxy) is 1. The van der Waals surface area contributed by atoms with Crippen LogP contribution in [-0.2, 0) is 4.74 Å². The van der Waals surface area contributed by atoms with Crippen molar-refractivity contribution in [2.75, 3.05) is 26.2 Å². The van der Waals surface area contributed by atoms with Crippen molar-refractivity contribution in [1.29, 1.82) is 0 Å². The van der Waals surface area contributed by atoms with Gasteiger partial charge in [-0.05, 0) is 34.6 Å². The number of aromatic nitrogens is 2. The van der Waals surface area contributed by atoms with Crippen LogP contribution in [0, 0.1) is 5.41 Å². The highest BCUT2D eigenvalue weighted by Gasteiger charge is 2.55. The van der Waals surface area contributed by atoms with E-state index >= 15 is 0 Å². The Hall–Kier alpha value is -2.05. The molecule has 0 bridgehead atoms. The molecule has 1 aromatic rings. The first-order valence-corrected chi connectivity index (χ1v) is 8.39. The highest BCUT2D eigenvalue weighted by Crippen LogP contribution is 2.40. The van der Waals surface area contributed by atoms with E-state index in [4.69, 9.17) is 4.74 Å². The van der Waals surface area contributed by atoms with E-state index in [0.29, 0.717) is 31.9 Å². The second kappa shape index (κ2) is 5.50. The van der Waals surface area contributed by atoms with E-state index in [-0.39, 0.29) is 23.5 Å². The second-order valence-corrected chi connectivity index (χ2v) is 8.30. The van der Waals surface area contributed by atoms with Crippen molar-refractivity contribution in [3.05, 3.63) is 18.2 Å². The molecule has 1 spiro atoms. The van der Waals surface area contributed by atoms with E-state index in [1.54, 1.807) is 22.3 Å². The predicted octanol–water partition coefficient (Wildman–Crippen LogP) is 2.16. The number of likely N-dealkylation sites (tertiary alicyclic amines) is 2. The van der Waals surface area contributed by atoms with E-state index in [9.17, 15) is 9.59 Å². The zero-order valence-corrected chi connectivity index (χ0v) is 15.1. The fourth-order valence-corrected chi connectivity index (χ4v) is 3.22. The van der Waals surface area contributed by atoms with Crippen LogP contribution in [0.3, 0.4) is 0 Å². The second-order valence-electron chi connectivity index (χ2n) is 8.30. The van der Waals surface area contributed by atoms with E-state index in [1.807, 2.05) is 39.2 Å². The summed E-state index contributed by atoms with van der Waals surface area (Å²) in [6, 6.07) is 0.288. The summed E-state index contributed by atoms with van der Waals surface area (Å²) in [5.74, 6) is -0.0317. The molecule has 2 fully saturated rings. The van der Waals surface area contributed by atoms with E-state index in [2.05, 4.69) is 4.98 Å². The quantitative estimate of drug-likeness (QED) is 0.831. The first-order chi connectivity index (χ1) is 11.1. The van der Waals surface area contributed by atoms with Gasteiger partial charge in [-0.15, -0.1) is 0 Å². The van der Waals surface area contributed by atoms with Crippen LogP contribution in [0.2, 0.25) is 0 Å². The van der Waals surface area contributed by atoms with E-state index in [1.165, 1.54) is 0 Å². The Morgan fingerprint density at radius 1 is 1.17 bits per heavy atom. The maximum Gasteiger partial charge on any atom is 0.410 e. The number of carbonyl (C=O) groups is 2. The maximum absolute atomic E-state index is 12.4. The zero-order chi connectivity index (χ0) is 17.7. The average Bonchev–Trinajstić information content (AvgIpc) is 2.82. The third kappa shape index (κ3) is 3.12. The molecule has 0 unspecified atom stereocenters. The Morgan fingerprint density at radius 3 is 2.25 bits per heavy atom. The Balaban J connectivity index is 1.49. The molecule has 3 rings (SSSR count). The number of hydrogen-bond donors (Lipinski definition) is 0. The monoisotopic (exact) mass is 334 g/mol. The number of carbonyl (C=O) groups excluding carboxylic acids is 2. The third-order valence-electron chi connectivity index (χ3n) is 4.46. The van der Waals surface area contributed by atoms with Gasteiger partial charge in [0.25, 0.3) is 5.91 Å². The van der Waals surface area contributed by atoms with Crippen LogP contribution in [0.5, 0.6) is 0 Å². The molecule has 1 aromatic heterocycles. The van der Waals surface area contributed by atoms with Crippen LogP contribution in [0.25, 0.3) is 0 Å². The van der Waals surface area contributed by atoms with Gasteiger partial charge in [0.1, 0.15) is 11.3 Å². The highest BCUT2D eigenvalue weighted by molar-refractivity contribution is 5.93. The number of amides is 2. The van der Waals surface area contributed by atoms with Crippen molar-refractivity contribution in [3.63, 3.8) is 0 Å². The van der Waals surface area contributed by atoms with Crippen molar-refractivity contribution in [2.24, 2.45) is 5.41 Å². The van der Waals surface area contributed by atoms with Crippen LogP contribution in [0.4, 0.5) is 4.79 Å². The normalized spacial score (nSPS) is 19.2. The van der Waals surface area contributed by atoms with Crippen molar-refractivity contribution in [2.45, 2.75) is 46.3 Å². The summed E-state index contributed by atoms with van der Waals surface area (Å²) in [4.78, 5) is 32.1. The standard InChI is InChI=1S/C17H26N4O3/c1-12(2)19-6-13(18-11-19)14(22)20-7-17(8-20)9-21(10-17)15(23)24-16(3,4)5/h6,11-12H,7-10H2,1-5H3. The van der Waals surface area contributed by atoms with Crippen LogP contribution in [0.15, 0.2) is 12.5 Å². The molecule has 7 nitrogen and oxygen atoms in total. The molecule has 0 aliphatic carbocycles. The molecule has 0 radical (unpaired) electrons. The number of imidazole rings is 1. The largest absolute Gasteiger partial charge is 0.444 e. The summed E-state index contributed by atoms with van der Waals surface area (Å²) >= 11 is 0. The first-order valence-electron chi connectivity index (χ1n) is 8.39. The molecule has 2 saturated heterocycles. The molecule has 132 valence electrons. The maximum atomic E-state index is 12.4. The molecule has 2 amide bonds. The Kier molecular flexibility index (Phi) is 3.85. The number of hydrogen-bond acceptors (Lipinski definition) is 4. The molecule has 24 heavy (non-hydrogen) atoms. The summed E-state index contributed by atoms with van der Waals surface area (Å²) in [5, 5.41) is 0. The summed E-state index contributed by atoms with van der Waals surface area (Å²) in [7, 11) is 0. The molecule has 2 aliphatic rings. The van der Waals surface area contributed by atoms with Gasteiger partial charge in [0.05, 0.1) is 6.33 Å². The van der Waals surface area contributed by atoms with Gasteiger partial charge in [0.15, 0.2) is 0 Å². The predicted molar refractivity (Wildman–Crippen MR) is 88.8 cm³/mol. The summed E-state index contributed by atoms with van der Waals surface area (Å²) in [6.07, 6.45) is 3.22. The fourth-order valence-electron chi connectivity index (χ4n) is 3.22. The highest BCUT2D eigenvalue weighted by atomic mass is 16.6. The Bertz CT molecular complexity index is 645. The number of nitrogens with zero attached hydrogens (tertiary/aromatic N) is 4. The molecule has 0 atom stereocenters. The van der Waals surface area contributed by atoms with E-state index in [0.717, 1.165) is 0 Å². The van der Waals surface area contributed by atoms with Crippen molar-refractivity contribution >= 4 is 12.0 Å². The topological polar surface area (TPSA) is 67.7 Å². The Labute approximate surface area is 142 Å². The van der Waals surface area contributed by atoms with Gasteiger partial charge in [-0.1, -0.05) is 0 Å². The van der Waals surface area contributed by atoms with Gasteiger partial charge in [-0.2, -0.15) is 0 Å². The molecule has 0 N–H and O–H groups in total. The lowest BCUT2D eigenvalue weighted by molar-refractivity contribution is -0.0981. The van der Waals surface area contributed by atoms with Crippen LogP contribution in [0.1, 0.15) is 51.1 Å². The lowest BCUT2D eigenvalue weighted by Gasteiger charge is -2.59. The van der Waals surface area contributed by atoms with Crippen molar-refractivity contribution < 1.29 is 14.3 Å². The van der Waals surface area contributed by atoms with Crippen molar-refractivity contribution in [3.8, 4) is 0 Å². The summed E-state index contributed by atoms with van der Waals surface area (Å²) in [5.41, 5.74) is 0.0611. The van der Waals surface area contributed by atoms with Gasteiger partial charge in [-0.25, -0.2) is 9.78 Å². The Morgan fingerprint density at radius 2 is 1.75 bits per heavy atom. The van der Waals surface area contributed by atoms with Crippen LogP contribution >= 0.6 is 0 Å². The SMILES string of the molecule is CC(C)n1cnc(C(=O)N2CC3(CN(C(=O)OC(C)(C)C)C3)C2)c1. The molecule has 0 saturated carbocycles. The molecule has 3 heterocycles. The first kappa shape index (κ1) is 16.8. The fraction of sp³-hybridized carbons (Fsp3) is 0.706. The van der Waals surface area contributed by atoms with Crippen LogP contribution < -0.4 is 0 Å². The lowest BCUT2D eigenvalue weighted by atomic mass is 9.73. The lowest BCUT2D eigenvalue weighted by Crippen LogP contribution is -2.73. The third-order valence-corrected chi connectivity index (χ3v) is 4.46. The van der Waals surface area contributed by atoms with Crippen LogP contribution in [-0.4, -0.2) is 63.1 Å². The average molecular weight is 334 g/mol. The molecule has 2 aliphatic heterocycles. The molecule has 7 heteroatoms. The van der Waals surface area contributed by atoms with Gasteiger partial charge in [-0.3, -0.25) is 4.79 Å². The minimum atomic E-state index is -0.476. The number of rotatable bonds is 2. The van der Waals surface area contributed by atoms with Gasteiger partial charge >= 0.3 is 6.09 Å². The summed E-state index contributed by atoms with van der Waals surface area (Å²) < 4.78 is 7.29. The summed E-state index contributed by atoms with van der Waals surface area (Å²) in [6.45, 7) is 12.4. The molecule has 0 aromatic carbocycles.